The number of hydrogen-bond acceptors (Lipinski definition) is 4. The van der Waals surface area contributed by atoms with E-state index < -0.39 is 23.0 Å². The van der Waals surface area contributed by atoms with Gasteiger partial charge >= 0.3 is 0 Å². The van der Waals surface area contributed by atoms with Crippen molar-refractivity contribution >= 4 is 23.0 Å². The van der Waals surface area contributed by atoms with Crippen LogP contribution in [0.2, 0.25) is 5.02 Å². The Balaban J connectivity index is 1.56. The van der Waals surface area contributed by atoms with Gasteiger partial charge in [0.1, 0.15) is 5.66 Å². The number of benzene rings is 3. The summed E-state index contributed by atoms with van der Waals surface area (Å²) in [6, 6.07) is 19.4. The van der Waals surface area contributed by atoms with Gasteiger partial charge in [0.25, 0.3) is 0 Å². The first-order valence-corrected chi connectivity index (χ1v) is 12.3. The molecule has 0 aromatic heterocycles. The monoisotopic (exact) mass is 493 g/mol. The summed E-state index contributed by atoms with van der Waals surface area (Å²) in [7, 11) is 0. The average molecular weight is 494 g/mol. The SMILES string of the molecule is N#Cc1cc(F)c(OCC(C2CCCCC2)C2(c3ccc(Cl)cc3)Nc3ccccc3N2)c(F)c1. The van der Waals surface area contributed by atoms with Gasteiger partial charge < -0.3 is 15.4 Å². The third kappa shape index (κ3) is 4.53. The lowest BCUT2D eigenvalue weighted by atomic mass is 9.72. The van der Waals surface area contributed by atoms with Crippen molar-refractivity contribution in [2.75, 3.05) is 17.2 Å². The van der Waals surface area contributed by atoms with Crippen molar-refractivity contribution in [3.8, 4) is 11.8 Å². The molecule has 0 saturated heterocycles. The number of rotatable bonds is 6. The molecule has 0 amide bonds. The van der Waals surface area contributed by atoms with Crippen molar-refractivity contribution in [1.29, 1.82) is 5.26 Å². The van der Waals surface area contributed by atoms with Gasteiger partial charge in [-0.15, -0.1) is 0 Å². The van der Waals surface area contributed by atoms with E-state index in [0.717, 1.165) is 54.8 Å². The van der Waals surface area contributed by atoms with E-state index in [2.05, 4.69) is 10.6 Å². The Kier molecular flexibility index (Phi) is 6.53. The molecule has 3 aromatic rings. The third-order valence-corrected chi connectivity index (χ3v) is 7.45. The molecule has 7 heteroatoms. The van der Waals surface area contributed by atoms with Crippen molar-refractivity contribution in [2.45, 2.75) is 37.8 Å². The zero-order valence-electron chi connectivity index (χ0n) is 19.2. The molecule has 1 atom stereocenters. The van der Waals surface area contributed by atoms with E-state index >= 15 is 0 Å². The molecule has 1 heterocycles. The second-order valence-corrected chi connectivity index (χ2v) is 9.74. The van der Waals surface area contributed by atoms with E-state index in [1.807, 2.05) is 48.5 Å². The number of nitrogens with zero attached hydrogens (tertiary/aromatic N) is 1. The van der Waals surface area contributed by atoms with Crippen LogP contribution in [0.1, 0.15) is 43.2 Å². The molecule has 0 spiro atoms. The molecular weight excluding hydrogens is 468 g/mol. The summed E-state index contributed by atoms with van der Waals surface area (Å²) in [6.07, 6.45) is 5.38. The van der Waals surface area contributed by atoms with Crippen LogP contribution in [0.5, 0.6) is 5.75 Å². The lowest BCUT2D eigenvalue weighted by molar-refractivity contribution is 0.107. The van der Waals surface area contributed by atoms with Crippen LogP contribution in [0.25, 0.3) is 0 Å². The summed E-state index contributed by atoms with van der Waals surface area (Å²) in [4.78, 5) is 0. The largest absolute Gasteiger partial charge is 0.487 e. The molecule has 3 aromatic carbocycles. The lowest BCUT2D eigenvalue weighted by Crippen LogP contribution is -2.51. The number of nitriles is 1. The van der Waals surface area contributed by atoms with Crippen LogP contribution >= 0.6 is 11.6 Å². The minimum absolute atomic E-state index is 0.0802. The van der Waals surface area contributed by atoms with Crippen molar-refractivity contribution < 1.29 is 13.5 Å². The second kappa shape index (κ2) is 9.75. The Bertz CT molecular complexity index is 1200. The number of para-hydroxylation sites is 2. The molecule has 2 aliphatic rings. The zero-order valence-corrected chi connectivity index (χ0v) is 19.9. The van der Waals surface area contributed by atoms with Gasteiger partial charge in [-0.2, -0.15) is 5.26 Å². The Morgan fingerprint density at radius 1 is 0.971 bits per heavy atom. The molecule has 1 aliphatic heterocycles. The van der Waals surface area contributed by atoms with Crippen LogP contribution in [-0.2, 0) is 5.66 Å². The van der Waals surface area contributed by atoms with Gasteiger partial charge in [-0.25, -0.2) is 8.78 Å². The predicted molar refractivity (Wildman–Crippen MR) is 133 cm³/mol. The van der Waals surface area contributed by atoms with E-state index in [9.17, 15) is 8.78 Å². The highest BCUT2D eigenvalue weighted by atomic mass is 35.5. The number of halogens is 3. The first-order chi connectivity index (χ1) is 17.0. The Morgan fingerprint density at radius 3 is 2.14 bits per heavy atom. The first-order valence-electron chi connectivity index (χ1n) is 11.9. The van der Waals surface area contributed by atoms with Gasteiger partial charge in [-0.3, -0.25) is 0 Å². The highest BCUT2D eigenvalue weighted by Gasteiger charge is 2.48. The van der Waals surface area contributed by atoms with E-state index in [1.165, 1.54) is 6.42 Å². The van der Waals surface area contributed by atoms with Crippen LogP contribution in [-0.4, -0.2) is 6.61 Å². The highest BCUT2D eigenvalue weighted by molar-refractivity contribution is 6.30. The highest BCUT2D eigenvalue weighted by Crippen LogP contribution is 2.49. The summed E-state index contributed by atoms with van der Waals surface area (Å²) in [5.74, 6) is -2.10. The minimum atomic E-state index is -0.875. The molecule has 1 aliphatic carbocycles. The first kappa shape index (κ1) is 23.4. The number of nitrogens with one attached hydrogen (secondary N) is 2. The van der Waals surface area contributed by atoms with Crippen LogP contribution < -0.4 is 15.4 Å². The second-order valence-electron chi connectivity index (χ2n) is 9.31. The average Bonchev–Trinajstić information content (AvgIpc) is 3.27. The summed E-state index contributed by atoms with van der Waals surface area (Å²) in [6.45, 7) is 0.0843. The summed E-state index contributed by atoms with van der Waals surface area (Å²) in [5, 5.41) is 17.1. The Labute approximate surface area is 208 Å². The lowest BCUT2D eigenvalue weighted by Gasteiger charge is -2.44. The zero-order chi connectivity index (χ0) is 24.4. The summed E-state index contributed by atoms with van der Waals surface area (Å²) < 4.78 is 35.3. The molecule has 0 radical (unpaired) electrons. The fourth-order valence-electron chi connectivity index (χ4n) is 5.50. The van der Waals surface area contributed by atoms with Crippen LogP contribution in [0.15, 0.2) is 60.7 Å². The molecule has 4 nitrogen and oxygen atoms in total. The standard InChI is InChI=1S/C28H26ClF2N3O/c29-21-12-10-20(11-13-21)28(33-25-8-4-5-9-26(25)34-28)22(19-6-2-1-3-7-19)17-35-27-23(30)14-18(16-32)15-24(27)31/h4-5,8-15,19,22,33-34H,1-3,6-7,17H2. The molecule has 35 heavy (non-hydrogen) atoms. The molecule has 2 N–H and O–H groups in total. The normalized spacial score (nSPS) is 17.5. The minimum Gasteiger partial charge on any atom is -0.487 e. The van der Waals surface area contributed by atoms with E-state index in [-0.39, 0.29) is 24.0 Å². The number of fused-ring (bicyclic) bond motifs is 1. The van der Waals surface area contributed by atoms with Gasteiger partial charge in [0.05, 0.1) is 29.6 Å². The fourth-order valence-corrected chi connectivity index (χ4v) is 5.63. The van der Waals surface area contributed by atoms with E-state index in [1.54, 1.807) is 6.07 Å². The third-order valence-electron chi connectivity index (χ3n) is 7.20. The number of anilines is 2. The van der Waals surface area contributed by atoms with Gasteiger partial charge in [0.2, 0.25) is 0 Å². The van der Waals surface area contributed by atoms with Gasteiger partial charge in [-0.1, -0.05) is 55.1 Å². The van der Waals surface area contributed by atoms with Crippen molar-refractivity contribution in [3.63, 3.8) is 0 Å². The molecule has 1 unspecified atom stereocenters. The molecule has 0 bridgehead atoms. The quantitative estimate of drug-likeness (QED) is 0.374. The maximum atomic E-state index is 14.7. The predicted octanol–water partition coefficient (Wildman–Crippen LogP) is 7.46. The van der Waals surface area contributed by atoms with Gasteiger partial charge in [0.15, 0.2) is 17.4 Å². The molecule has 5 rings (SSSR count). The molecule has 180 valence electrons. The van der Waals surface area contributed by atoms with Gasteiger partial charge in [-0.05, 0) is 60.7 Å². The maximum absolute atomic E-state index is 14.7. The number of ether oxygens (including phenoxy) is 1. The van der Waals surface area contributed by atoms with Crippen molar-refractivity contribution in [3.05, 3.63) is 88.4 Å². The summed E-state index contributed by atoms with van der Waals surface area (Å²) >= 11 is 6.21. The van der Waals surface area contributed by atoms with Crippen LogP contribution in [0, 0.1) is 34.8 Å². The molecule has 1 saturated carbocycles. The van der Waals surface area contributed by atoms with Crippen molar-refractivity contribution in [1.82, 2.24) is 0 Å². The van der Waals surface area contributed by atoms with Crippen LogP contribution in [0.3, 0.4) is 0 Å². The number of hydrogen-bond donors (Lipinski definition) is 2. The van der Waals surface area contributed by atoms with Crippen molar-refractivity contribution in [2.24, 2.45) is 11.8 Å². The van der Waals surface area contributed by atoms with Gasteiger partial charge in [0, 0.05) is 10.9 Å². The smallest absolute Gasteiger partial charge is 0.190 e. The maximum Gasteiger partial charge on any atom is 0.190 e. The molecular formula is C28H26ClF2N3O. The topological polar surface area (TPSA) is 57.1 Å². The molecule has 1 fully saturated rings. The Hall–Kier alpha value is -3.30. The summed E-state index contributed by atoms with van der Waals surface area (Å²) in [5.41, 5.74) is 2.05. The van der Waals surface area contributed by atoms with E-state index in [0.29, 0.717) is 5.02 Å². The Morgan fingerprint density at radius 2 is 1.57 bits per heavy atom. The fraction of sp³-hybridized carbons (Fsp3) is 0.321. The van der Waals surface area contributed by atoms with E-state index in [4.69, 9.17) is 21.6 Å². The van der Waals surface area contributed by atoms with Crippen LogP contribution in [0.4, 0.5) is 20.2 Å².